The molecule has 30 heavy (non-hydrogen) atoms. The van der Waals surface area contributed by atoms with Crippen molar-refractivity contribution < 1.29 is 18.0 Å². The standard InChI is InChI=1S/C18H15BrClF3N6O/c19-14-15(11-4-5-11)29(26-16(14)18(21,22)23)8-13(30)25-17-24-9-28(27-17)7-10-2-1-3-12(20)6-10/h1-3,6,9,11H,4-5,7-8H2,(H,25,27,30). The van der Waals surface area contributed by atoms with Gasteiger partial charge in [-0.15, -0.1) is 5.10 Å². The predicted octanol–water partition coefficient (Wildman–Crippen LogP) is 4.47. The smallest absolute Gasteiger partial charge is 0.292 e. The lowest BCUT2D eigenvalue weighted by atomic mass is 10.2. The fourth-order valence-electron chi connectivity index (χ4n) is 3.05. The Hall–Kier alpha value is -2.40. The van der Waals surface area contributed by atoms with Gasteiger partial charge in [0, 0.05) is 10.9 Å². The van der Waals surface area contributed by atoms with Crippen LogP contribution < -0.4 is 5.32 Å². The monoisotopic (exact) mass is 502 g/mol. The van der Waals surface area contributed by atoms with Crippen LogP contribution in [-0.4, -0.2) is 30.5 Å². The molecule has 1 saturated carbocycles. The molecular weight excluding hydrogens is 489 g/mol. The Morgan fingerprint density at radius 1 is 1.30 bits per heavy atom. The highest BCUT2D eigenvalue weighted by molar-refractivity contribution is 9.10. The van der Waals surface area contributed by atoms with Crippen LogP contribution in [0.5, 0.6) is 0 Å². The molecule has 1 aliphatic carbocycles. The topological polar surface area (TPSA) is 77.6 Å². The van der Waals surface area contributed by atoms with Crippen LogP contribution in [0.1, 0.15) is 35.7 Å². The molecule has 1 N–H and O–H groups in total. The SMILES string of the molecule is O=C(Cn1nc(C(F)(F)F)c(Br)c1C1CC1)Nc1ncn(Cc2cccc(Cl)c2)n1. The lowest BCUT2D eigenvalue weighted by Crippen LogP contribution is -2.22. The summed E-state index contributed by atoms with van der Waals surface area (Å²) < 4.78 is 42.1. The molecule has 2 aromatic heterocycles. The molecule has 0 radical (unpaired) electrons. The van der Waals surface area contributed by atoms with Gasteiger partial charge in [0.2, 0.25) is 11.9 Å². The Balaban J connectivity index is 1.45. The third kappa shape index (κ3) is 4.67. The first-order valence-corrected chi connectivity index (χ1v) is 10.1. The zero-order valence-corrected chi connectivity index (χ0v) is 17.7. The second kappa shape index (κ2) is 8.03. The molecule has 0 saturated heterocycles. The number of benzene rings is 1. The molecule has 0 spiro atoms. The molecule has 1 aliphatic rings. The number of carbonyl (C=O) groups is 1. The summed E-state index contributed by atoms with van der Waals surface area (Å²) in [5.74, 6) is -0.552. The van der Waals surface area contributed by atoms with Crippen molar-refractivity contribution >= 4 is 39.4 Å². The summed E-state index contributed by atoms with van der Waals surface area (Å²) in [7, 11) is 0. The van der Waals surface area contributed by atoms with Gasteiger partial charge >= 0.3 is 6.18 Å². The lowest BCUT2D eigenvalue weighted by molar-refractivity contribution is -0.142. The van der Waals surface area contributed by atoms with E-state index in [9.17, 15) is 18.0 Å². The van der Waals surface area contributed by atoms with Gasteiger partial charge in [-0.3, -0.25) is 14.8 Å². The number of rotatable bonds is 6. The van der Waals surface area contributed by atoms with E-state index >= 15 is 0 Å². The van der Waals surface area contributed by atoms with Gasteiger partial charge in [-0.25, -0.2) is 9.67 Å². The molecule has 1 aromatic carbocycles. The minimum atomic E-state index is -4.61. The van der Waals surface area contributed by atoms with E-state index < -0.39 is 17.8 Å². The second-order valence-corrected chi connectivity index (χ2v) is 8.15. The molecule has 7 nitrogen and oxygen atoms in total. The number of alkyl halides is 3. The summed E-state index contributed by atoms with van der Waals surface area (Å²) in [5.41, 5.74) is 0.262. The van der Waals surface area contributed by atoms with E-state index in [4.69, 9.17) is 11.6 Å². The number of hydrogen-bond acceptors (Lipinski definition) is 4. The highest BCUT2D eigenvalue weighted by atomic mass is 79.9. The van der Waals surface area contributed by atoms with Gasteiger partial charge in [-0.2, -0.15) is 18.3 Å². The van der Waals surface area contributed by atoms with Gasteiger partial charge < -0.3 is 0 Å². The van der Waals surface area contributed by atoms with Crippen molar-refractivity contribution in [3.8, 4) is 0 Å². The number of nitrogens with zero attached hydrogens (tertiary/aromatic N) is 5. The fourth-order valence-corrected chi connectivity index (χ4v) is 4.10. The van der Waals surface area contributed by atoms with Crippen molar-refractivity contribution in [2.75, 3.05) is 5.32 Å². The Kier molecular flexibility index (Phi) is 5.58. The van der Waals surface area contributed by atoms with Gasteiger partial charge in [0.1, 0.15) is 12.9 Å². The normalized spacial score (nSPS) is 14.2. The van der Waals surface area contributed by atoms with Crippen LogP contribution in [0.15, 0.2) is 35.1 Å². The van der Waals surface area contributed by atoms with Crippen molar-refractivity contribution in [1.29, 1.82) is 0 Å². The van der Waals surface area contributed by atoms with Gasteiger partial charge in [-0.1, -0.05) is 23.7 Å². The summed E-state index contributed by atoms with van der Waals surface area (Å²) in [6.45, 7) is 0.0274. The highest BCUT2D eigenvalue weighted by Gasteiger charge is 2.42. The maximum atomic E-state index is 13.2. The highest BCUT2D eigenvalue weighted by Crippen LogP contribution is 2.46. The maximum absolute atomic E-state index is 13.2. The number of amides is 1. The first-order valence-electron chi connectivity index (χ1n) is 8.98. The predicted molar refractivity (Wildman–Crippen MR) is 106 cm³/mol. The van der Waals surface area contributed by atoms with Crippen LogP contribution in [0, 0.1) is 0 Å². The largest absolute Gasteiger partial charge is 0.436 e. The summed E-state index contributed by atoms with van der Waals surface area (Å²) in [6, 6.07) is 7.23. The Labute approximate surface area is 182 Å². The molecule has 1 amide bonds. The first kappa shape index (κ1) is 20.9. The van der Waals surface area contributed by atoms with Crippen molar-refractivity contribution in [3.63, 3.8) is 0 Å². The molecule has 12 heteroatoms. The van der Waals surface area contributed by atoms with Crippen LogP contribution in [0.25, 0.3) is 0 Å². The molecule has 3 aromatic rings. The minimum absolute atomic E-state index is 0.0363. The molecule has 0 atom stereocenters. The Morgan fingerprint density at radius 2 is 2.07 bits per heavy atom. The number of aromatic nitrogens is 5. The number of halogens is 5. The van der Waals surface area contributed by atoms with Gasteiger partial charge in [0.05, 0.1) is 16.7 Å². The summed E-state index contributed by atoms with van der Waals surface area (Å²) in [5, 5.41) is 10.9. The maximum Gasteiger partial charge on any atom is 0.436 e. The van der Waals surface area contributed by atoms with E-state index in [2.05, 4.69) is 36.4 Å². The van der Waals surface area contributed by atoms with Crippen LogP contribution >= 0.6 is 27.5 Å². The van der Waals surface area contributed by atoms with Crippen LogP contribution in [0.3, 0.4) is 0 Å². The van der Waals surface area contributed by atoms with Crippen molar-refractivity contribution in [3.05, 3.63) is 57.0 Å². The van der Waals surface area contributed by atoms with Crippen molar-refractivity contribution in [2.45, 2.75) is 38.0 Å². The molecule has 0 bridgehead atoms. The van der Waals surface area contributed by atoms with E-state index in [1.54, 1.807) is 12.1 Å². The quantitative estimate of drug-likeness (QED) is 0.538. The van der Waals surface area contributed by atoms with Crippen molar-refractivity contribution in [2.24, 2.45) is 0 Å². The van der Waals surface area contributed by atoms with E-state index in [1.807, 2.05) is 12.1 Å². The molecule has 0 aliphatic heterocycles. The molecule has 2 heterocycles. The number of carbonyl (C=O) groups excluding carboxylic acids is 1. The van der Waals surface area contributed by atoms with Crippen molar-refractivity contribution in [1.82, 2.24) is 24.5 Å². The molecule has 1 fully saturated rings. The molecule has 158 valence electrons. The van der Waals surface area contributed by atoms with Gasteiger partial charge in [-0.05, 0) is 46.5 Å². The van der Waals surface area contributed by atoms with Crippen LogP contribution in [-0.2, 0) is 24.1 Å². The number of hydrogen-bond donors (Lipinski definition) is 1. The average Bonchev–Trinajstić information content (AvgIpc) is 3.30. The summed E-state index contributed by atoms with van der Waals surface area (Å²) >= 11 is 8.96. The summed E-state index contributed by atoms with van der Waals surface area (Å²) in [6.07, 6.45) is -1.64. The van der Waals surface area contributed by atoms with E-state index in [0.29, 0.717) is 17.3 Å². The second-order valence-electron chi connectivity index (χ2n) is 6.92. The van der Waals surface area contributed by atoms with E-state index in [0.717, 1.165) is 23.1 Å². The van der Waals surface area contributed by atoms with Gasteiger partial charge in [0.25, 0.3) is 0 Å². The van der Waals surface area contributed by atoms with Crippen LogP contribution in [0.2, 0.25) is 5.02 Å². The Bertz CT molecular complexity index is 1090. The van der Waals surface area contributed by atoms with Gasteiger partial charge in [0.15, 0.2) is 5.69 Å². The molecular formula is C18H15BrClF3N6O. The third-order valence-electron chi connectivity index (χ3n) is 4.48. The zero-order valence-electron chi connectivity index (χ0n) is 15.3. The van der Waals surface area contributed by atoms with E-state index in [1.165, 1.54) is 11.0 Å². The van der Waals surface area contributed by atoms with E-state index in [-0.39, 0.29) is 22.9 Å². The Morgan fingerprint density at radius 3 is 2.73 bits per heavy atom. The number of anilines is 1. The lowest BCUT2D eigenvalue weighted by Gasteiger charge is -2.06. The number of nitrogens with one attached hydrogen (secondary N) is 1. The molecule has 4 rings (SSSR count). The average molecular weight is 504 g/mol. The fraction of sp³-hybridized carbons (Fsp3) is 0.333. The molecule has 0 unspecified atom stereocenters. The zero-order chi connectivity index (χ0) is 21.5. The summed E-state index contributed by atoms with van der Waals surface area (Å²) in [4.78, 5) is 16.4. The minimum Gasteiger partial charge on any atom is -0.292 e. The first-order chi connectivity index (χ1) is 14.2. The third-order valence-corrected chi connectivity index (χ3v) is 5.50. The van der Waals surface area contributed by atoms with Crippen LogP contribution in [0.4, 0.5) is 19.1 Å².